The lowest BCUT2D eigenvalue weighted by Crippen LogP contribution is -2.27. The first-order valence-corrected chi connectivity index (χ1v) is 9.95. The van der Waals surface area contributed by atoms with Crippen LogP contribution in [-0.2, 0) is 10.2 Å². The Morgan fingerprint density at radius 3 is 2.79 bits per heavy atom. The molecule has 1 aromatic carbocycles. The van der Waals surface area contributed by atoms with Gasteiger partial charge in [-0.15, -0.1) is 0 Å². The molecule has 1 amide bonds. The summed E-state index contributed by atoms with van der Waals surface area (Å²) in [4.78, 5) is 16.4. The maximum absolute atomic E-state index is 11.7. The first kappa shape index (κ1) is 20.1. The van der Waals surface area contributed by atoms with Crippen LogP contribution < -0.4 is 16.8 Å². The zero-order valence-electron chi connectivity index (χ0n) is 16.8. The number of rotatable bonds is 7. The van der Waals surface area contributed by atoms with Crippen LogP contribution in [0.5, 0.6) is 0 Å². The number of nitrogen functional groups attached to an aromatic ring is 1. The molecular weight excluding hydrogens is 348 g/mol. The Kier molecular flexibility index (Phi) is 6.15. The largest absolute Gasteiger partial charge is 0.399 e. The number of benzene rings is 1. The van der Waals surface area contributed by atoms with E-state index in [-0.39, 0.29) is 11.3 Å². The Labute approximate surface area is 167 Å². The number of amides is 1. The molecule has 5 nitrogen and oxygen atoms in total. The fourth-order valence-electron chi connectivity index (χ4n) is 3.73. The Hall–Kier alpha value is -2.66. The van der Waals surface area contributed by atoms with E-state index < -0.39 is 0 Å². The third-order valence-electron chi connectivity index (χ3n) is 5.33. The molecule has 0 atom stereocenters. The summed E-state index contributed by atoms with van der Waals surface area (Å²) in [6, 6.07) is 6.11. The molecule has 0 saturated carbocycles. The van der Waals surface area contributed by atoms with Crippen LogP contribution in [0.25, 0.3) is 6.08 Å². The number of anilines is 1. The Morgan fingerprint density at radius 2 is 2.00 bits per heavy atom. The molecule has 1 aromatic rings. The summed E-state index contributed by atoms with van der Waals surface area (Å²) < 4.78 is 0. The third kappa shape index (κ3) is 4.42. The maximum Gasteiger partial charge on any atom is 0.220 e. The smallest absolute Gasteiger partial charge is 0.220 e. The van der Waals surface area contributed by atoms with Crippen molar-refractivity contribution in [1.82, 2.24) is 5.32 Å². The normalized spacial score (nSPS) is 18.2. The zero-order valence-corrected chi connectivity index (χ0v) is 16.8. The van der Waals surface area contributed by atoms with Crippen molar-refractivity contribution in [2.24, 2.45) is 10.7 Å². The highest BCUT2D eigenvalue weighted by atomic mass is 16.1. The molecule has 148 valence electrons. The van der Waals surface area contributed by atoms with E-state index in [0.717, 1.165) is 24.2 Å². The second kappa shape index (κ2) is 8.57. The number of fused-ring (bicyclic) bond motifs is 2. The van der Waals surface area contributed by atoms with Gasteiger partial charge in [-0.25, -0.2) is 0 Å². The van der Waals surface area contributed by atoms with Crippen molar-refractivity contribution in [3.8, 4) is 0 Å². The van der Waals surface area contributed by atoms with Crippen molar-refractivity contribution in [3.63, 3.8) is 0 Å². The molecule has 28 heavy (non-hydrogen) atoms. The first-order valence-electron chi connectivity index (χ1n) is 9.95. The number of carbonyl (C=O) groups excluding carboxylic acids is 1. The van der Waals surface area contributed by atoms with Crippen LogP contribution in [0.4, 0.5) is 5.69 Å². The number of nitrogens with two attached hydrogens (primary N) is 2. The summed E-state index contributed by atoms with van der Waals surface area (Å²) in [6.07, 6.45) is 10.6. The monoisotopic (exact) mass is 378 g/mol. The van der Waals surface area contributed by atoms with Crippen molar-refractivity contribution in [1.29, 1.82) is 0 Å². The van der Waals surface area contributed by atoms with Crippen LogP contribution in [0.3, 0.4) is 0 Å². The SMILES string of the molecule is CC1(C)C2=CC(=NCCCC(=O)NCCCN)C=CC2=Cc2ccc(N)cc21. The predicted octanol–water partition coefficient (Wildman–Crippen LogP) is 3.13. The van der Waals surface area contributed by atoms with E-state index in [1.807, 2.05) is 6.07 Å². The molecule has 0 radical (unpaired) electrons. The summed E-state index contributed by atoms with van der Waals surface area (Å²) in [5.41, 5.74) is 18.0. The molecule has 0 saturated heterocycles. The number of nitrogens with zero attached hydrogens (tertiary/aromatic N) is 1. The van der Waals surface area contributed by atoms with Gasteiger partial charge in [0.25, 0.3) is 0 Å². The van der Waals surface area contributed by atoms with E-state index in [4.69, 9.17) is 11.5 Å². The van der Waals surface area contributed by atoms with Gasteiger partial charge in [-0.2, -0.15) is 0 Å². The molecule has 0 aromatic heterocycles. The molecule has 2 aliphatic rings. The highest BCUT2D eigenvalue weighted by molar-refractivity contribution is 6.08. The average Bonchev–Trinajstić information content (AvgIpc) is 2.67. The van der Waals surface area contributed by atoms with E-state index >= 15 is 0 Å². The van der Waals surface area contributed by atoms with Gasteiger partial charge in [0.2, 0.25) is 5.91 Å². The summed E-state index contributed by atoms with van der Waals surface area (Å²) in [5.74, 6) is 0.0685. The number of hydrogen-bond donors (Lipinski definition) is 3. The Balaban J connectivity index is 1.67. The van der Waals surface area contributed by atoms with E-state index in [1.165, 1.54) is 22.3 Å². The Morgan fingerprint density at radius 1 is 1.18 bits per heavy atom. The molecule has 0 heterocycles. The van der Waals surface area contributed by atoms with Crippen molar-refractivity contribution in [2.75, 3.05) is 25.4 Å². The zero-order chi connectivity index (χ0) is 20.1. The van der Waals surface area contributed by atoms with Gasteiger partial charge in [-0.3, -0.25) is 9.79 Å². The highest BCUT2D eigenvalue weighted by Crippen LogP contribution is 2.44. The molecule has 3 rings (SSSR count). The van der Waals surface area contributed by atoms with Gasteiger partial charge in [-0.1, -0.05) is 26.0 Å². The maximum atomic E-state index is 11.7. The lowest BCUT2D eigenvalue weighted by atomic mass is 9.67. The van der Waals surface area contributed by atoms with Crippen LogP contribution >= 0.6 is 0 Å². The van der Waals surface area contributed by atoms with E-state index in [1.54, 1.807) is 0 Å². The second-order valence-electron chi connectivity index (χ2n) is 7.87. The van der Waals surface area contributed by atoms with Crippen molar-refractivity contribution >= 4 is 23.4 Å². The fourth-order valence-corrected chi connectivity index (χ4v) is 3.73. The fraction of sp³-hybridized carbons (Fsp3) is 0.391. The van der Waals surface area contributed by atoms with Gasteiger partial charge in [0.05, 0.1) is 5.71 Å². The lowest BCUT2D eigenvalue weighted by Gasteiger charge is -2.36. The van der Waals surface area contributed by atoms with Crippen LogP contribution in [0, 0.1) is 0 Å². The minimum Gasteiger partial charge on any atom is -0.399 e. The standard InChI is InChI=1S/C23H30N4O/c1-23(2)20-14-18(25)8-6-16(20)13-17-7-9-19(15-21(17)23)26-11-3-5-22(28)27-12-4-10-24/h6-9,13-15H,3-5,10-12,24-25H2,1-2H3,(H,27,28). The number of carbonyl (C=O) groups is 1. The minimum atomic E-state index is -0.136. The predicted molar refractivity (Wildman–Crippen MR) is 117 cm³/mol. The second-order valence-corrected chi connectivity index (χ2v) is 7.87. The molecule has 0 spiro atoms. The quantitative estimate of drug-likeness (QED) is 0.503. The van der Waals surface area contributed by atoms with Gasteiger partial charge < -0.3 is 16.8 Å². The molecule has 0 fully saturated rings. The van der Waals surface area contributed by atoms with Gasteiger partial charge in [0.15, 0.2) is 0 Å². The first-order chi connectivity index (χ1) is 13.4. The van der Waals surface area contributed by atoms with Gasteiger partial charge >= 0.3 is 0 Å². The van der Waals surface area contributed by atoms with Crippen LogP contribution in [0.2, 0.25) is 0 Å². The molecule has 0 unspecified atom stereocenters. The van der Waals surface area contributed by atoms with Gasteiger partial charge in [0, 0.05) is 30.6 Å². The van der Waals surface area contributed by atoms with E-state index in [2.05, 4.69) is 60.6 Å². The van der Waals surface area contributed by atoms with Gasteiger partial charge in [-0.05, 0) is 72.0 Å². The number of hydrogen-bond acceptors (Lipinski definition) is 4. The summed E-state index contributed by atoms with van der Waals surface area (Å²) in [5, 5.41) is 2.87. The number of aliphatic imine (C=N–C) groups is 1. The molecular formula is C23H30N4O. The van der Waals surface area contributed by atoms with Crippen LogP contribution in [0.15, 0.2) is 52.6 Å². The number of nitrogens with one attached hydrogen (secondary N) is 1. The summed E-state index contributed by atoms with van der Waals surface area (Å²) in [6.45, 7) is 6.34. The summed E-state index contributed by atoms with van der Waals surface area (Å²) in [7, 11) is 0. The minimum absolute atomic E-state index is 0.0685. The molecule has 2 aliphatic carbocycles. The van der Waals surface area contributed by atoms with Gasteiger partial charge in [0.1, 0.15) is 0 Å². The lowest BCUT2D eigenvalue weighted by molar-refractivity contribution is -0.121. The van der Waals surface area contributed by atoms with E-state index in [0.29, 0.717) is 26.1 Å². The van der Waals surface area contributed by atoms with Crippen LogP contribution in [0.1, 0.15) is 44.2 Å². The van der Waals surface area contributed by atoms with Crippen molar-refractivity contribution in [2.45, 2.75) is 38.5 Å². The van der Waals surface area contributed by atoms with E-state index in [9.17, 15) is 4.79 Å². The van der Waals surface area contributed by atoms with Crippen molar-refractivity contribution < 1.29 is 4.79 Å². The number of allylic oxidation sites excluding steroid dienone is 5. The molecule has 5 N–H and O–H groups in total. The molecule has 0 aliphatic heterocycles. The highest BCUT2D eigenvalue weighted by Gasteiger charge is 2.33. The molecule has 0 bridgehead atoms. The van der Waals surface area contributed by atoms with Crippen LogP contribution in [-0.4, -0.2) is 31.3 Å². The topological polar surface area (TPSA) is 93.5 Å². The molecule has 5 heteroatoms. The Bertz CT molecular complexity index is 875. The third-order valence-corrected chi connectivity index (χ3v) is 5.33. The van der Waals surface area contributed by atoms with Crippen molar-refractivity contribution in [3.05, 3.63) is 58.7 Å². The average molecular weight is 379 g/mol. The summed E-state index contributed by atoms with van der Waals surface area (Å²) >= 11 is 0.